The van der Waals surface area contributed by atoms with E-state index in [1.54, 1.807) is 0 Å². The fourth-order valence-corrected chi connectivity index (χ4v) is 4.49. The van der Waals surface area contributed by atoms with Crippen molar-refractivity contribution < 1.29 is 9.59 Å². The van der Waals surface area contributed by atoms with E-state index in [4.69, 9.17) is 0 Å². The molecule has 1 saturated carbocycles. The second kappa shape index (κ2) is 6.90. The molecule has 1 N–H and O–H groups in total. The fourth-order valence-electron chi connectivity index (χ4n) is 4.49. The molecule has 134 valence electrons. The number of rotatable bonds is 4. The molecule has 1 unspecified atom stereocenters. The van der Waals surface area contributed by atoms with Crippen LogP contribution in [0.2, 0.25) is 0 Å². The molecule has 3 saturated heterocycles. The lowest BCUT2D eigenvalue weighted by molar-refractivity contribution is -0.128. The minimum Gasteiger partial charge on any atom is -0.342 e. The molecule has 4 aliphatic rings. The maximum Gasteiger partial charge on any atom is 0.317 e. The highest BCUT2D eigenvalue weighted by molar-refractivity contribution is 5.78. The number of nitrogens with zero attached hydrogens (tertiary/aromatic N) is 3. The van der Waals surface area contributed by atoms with Gasteiger partial charge in [-0.25, -0.2) is 4.79 Å². The lowest BCUT2D eigenvalue weighted by atomic mass is 10.1. The third kappa shape index (κ3) is 3.68. The Hall–Kier alpha value is -1.30. The minimum absolute atomic E-state index is 0.107. The number of hydrogen-bond donors (Lipinski definition) is 1. The van der Waals surface area contributed by atoms with Crippen LogP contribution in [0.3, 0.4) is 0 Å². The van der Waals surface area contributed by atoms with Crippen LogP contribution in [-0.4, -0.2) is 78.0 Å². The topological polar surface area (TPSA) is 55.9 Å². The van der Waals surface area contributed by atoms with Crippen molar-refractivity contribution in [2.75, 3.05) is 39.3 Å². The van der Waals surface area contributed by atoms with Crippen molar-refractivity contribution in [2.24, 2.45) is 5.92 Å². The monoisotopic (exact) mass is 334 g/mol. The van der Waals surface area contributed by atoms with Crippen LogP contribution < -0.4 is 5.32 Å². The average molecular weight is 334 g/mol. The van der Waals surface area contributed by atoms with Crippen LogP contribution in [-0.2, 0) is 4.79 Å². The van der Waals surface area contributed by atoms with Crippen molar-refractivity contribution in [3.05, 3.63) is 0 Å². The second-order valence-electron chi connectivity index (χ2n) is 8.03. The zero-order valence-corrected chi connectivity index (χ0v) is 14.6. The van der Waals surface area contributed by atoms with Gasteiger partial charge < -0.3 is 20.0 Å². The van der Waals surface area contributed by atoms with Crippen molar-refractivity contribution in [3.8, 4) is 0 Å². The maximum atomic E-state index is 12.5. The third-order valence-electron chi connectivity index (χ3n) is 6.14. The van der Waals surface area contributed by atoms with E-state index >= 15 is 0 Å². The van der Waals surface area contributed by atoms with Crippen LogP contribution in [0.25, 0.3) is 0 Å². The summed E-state index contributed by atoms with van der Waals surface area (Å²) in [6.45, 7) is 5.64. The predicted molar refractivity (Wildman–Crippen MR) is 91.6 cm³/mol. The highest BCUT2D eigenvalue weighted by atomic mass is 16.2. The maximum absolute atomic E-state index is 12.5. The number of piperidine rings is 1. The molecule has 3 heterocycles. The summed E-state index contributed by atoms with van der Waals surface area (Å²) >= 11 is 0. The van der Waals surface area contributed by atoms with E-state index in [0.29, 0.717) is 24.3 Å². The molecule has 6 nitrogen and oxygen atoms in total. The van der Waals surface area contributed by atoms with E-state index in [1.165, 1.54) is 12.8 Å². The van der Waals surface area contributed by atoms with E-state index in [2.05, 4.69) is 10.2 Å². The Bertz CT molecular complexity index is 485. The fraction of sp³-hybridized carbons (Fsp3) is 0.889. The number of nitrogens with one attached hydrogen (secondary N) is 1. The Balaban J connectivity index is 1.19. The number of amides is 3. The first kappa shape index (κ1) is 16.2. The van der Waals surface area contributed by atoms with E-state index < -0.39 is 0 Å². The lowest BCUT2D eigenvalue weighted by Crippen LogP contribution is -2.49. The van der Waals surface area contributed by atoms with Gasteiger partial charge in [-0.05, 0) is 44.4 Å². The predicted octanol–water partition coefficient (Wildman–Crippen LogP) is 1.27. The van der Waals surface area contributed by atoms with Gasteiger partial charge in [-0.2, -0.15) is 0 Å². The van der Waals surface area contributed by atoms with E-state index in [1.807, 2.05) is 9.80 Å². The van der Waals surface area contributed by atoms with Crippen molar-refractivity contribution in [1.29, 1.82) is 0 Å². The second-order valence-corrected chi connectivity index (χ2v) is 8.03. The zero-order valence-electron chi connectivity index (χ0n) is 14.6. The van der Waals surface area contributed by atoms with E-state index in [-0.39, 0.29) is 6.03 Å². The van der Waals surface area contributed by atoms with Crippen LogP contribution in [0.4, 0.5) is 4.79 Å². The molecule has 0 spiro atoms. The lowest BCUT2D eigenvalue weighted by Gasteiger charge is -2.33. The van der Waals surface area contributed by atoms with E-state index in [0.717, 1.165) is 71.0 Å². The SMILES string of the molecule is O=C1CCCN1CC1CCN(C(=O)NC2CCN(C3CC3)CC2)C1. The smallest absolute Gasteiger partial charge is 0.317 e. The Morgan fingerprint density at radius 1 is 1.04 bits per heavy atom. The number of urea groups is 1. The molecular formula is C18H30N4O2. The summed E-state index contributed by atoms with van der Waals surface area (Å²) in [5, 5.41) is 3.24. The van der Waals surface area contributed by atoms with Gasteiger partial charge in [0.15, 0.2) is 0 Å². The highest BCUT2D eigenvalue weighted by Gasteiger charge is 2.34. The highest BCUT2D eigenvalue weighted by Crippen LogP contribution is 2.29. The molecule has 0 aromatic rings. The van der Waals surface area contributed by atoms with Crippen LogP contribution in [0, 0.1) is 5.92 Å². The molecule has 3 amide bonds. The molecule has 24 heavy (non-hydrogen) atoms. The molecule has 1 atom stereocenters. The largest absolute Gasteiger partial charge is 0.342 e. The normalized spacial score (nSPS) is 29.5. The minimum atomic E-state index is 0.107. The molecular weight excluding hydrogens is 304 g/mol. The van der Waals surface area contributed by atoms with Crippen LogP contribution >= 0.6 is 0 Å². The number of carbonyl (C=O) groups excluding carboxylic acids is 2. The summed E-state index contributed by atoms with van der Waals surface area (Å²) < 4.78 is 0. The summed E-state index contributed by atoms with van der Waals surface area (Å²) in [7, 11) is 0. The molecule has 4 rings (SSSR count). The summed E-state index contributed by atoms with van der Waals surface area (Å²) in [6, 6.07) is 1.29. The van der Waals surface area contributed by atoms with Crippen LogP contribution in [0.15, 0.2) is 0 Å². The van der Waals surface area contributed by atoms with Crippen LogP contribution in [0.5, 0.6) is 0 Å². The van der Waals surface area contributed by atoms with Gasteiger partial charge in [0.05, 0.1) is 0 Å². The van der Waals surface area contributed by atoms with Gasteiger partial charge in [-0.3, -0.25) is 4.79 Å². The standard InChI is InChI=1S/C18H30N4O2/c23-17-2-1-8-21(17)12-14-5-9-22(13-14)18(24)19-15-6-10-20(11-7-15)16-3-4-16/h14-16H,1-13H2,(H,19,24). The molecule has 4 fully saturated rings. The molecule has 6 heteroatoms. The zero-order chi connectivity index (χ0) is 16.5. The molecule has 1 aliphatic carbocycles. The summed E-state index contributed by atoms with van der Waals surface area (Å²) in [4.78, 5) is 30.8. The van der Waals surface area contributed by atoms with Gasteiger partial charge in [0.25, 0.3) is 0 Å². The third-order valence-corrected chi connectivity index (χ3v) is 6.14. The first-order valence-corrected chi connectivity index (χ1v) is 9.76. The van der Waals surface area contributed by atoms with Crippen LogP contribution in [0.1, 0.15) is 44.9 Å². The van der Waals surface area contributed by atoms with E-state index in [9.17, 15) is 9.59 Å². The quantitative estimate of drug-likeness (QED) is 0.842. The molecule has 0 aromatic heterocycles. The Labute approximate surface area is 144 Å². The summed E-state index contributed by atoms with van der Waals surface area (Å²) in [5.41, 5.74) is 0. The van der Waals surface area contributed by atoms with Gasteiger partial charge in [0, 0.05) is 57.8 Å². The first-order chi connectivity index (χ1) is 11.7. The number of carbonyl (C=O) groups is 2. The Morgan fingerprint density at radius 2 is 1.83 bits per heavy atom. The summed E-state index contributed by atoms with van der Waals surface area (Å²) in [6.07, 6.45) is 7.63. The Morgan fingerprint density at radius 3 is 2.50 bits per heavy atom. The molecule has 3 aliphatic heterocycles. The average Bonchev–Trinajstić information content (AvgIpc) is 3.20. The van der Waals surface area contributed by atoms with Gasteiger partial charge in [-0.1, -0.05) is 0 Å². The van der Waals surface area contributed by atoms with Crippen molar-refractivity contribution in [1.82, 2.24) is 20.0 Å². The molecule has 0 aromatic carbocycles. The van der Waals surface area contributed by atoms with Gasteiger partial charge in [0.1, 0.15) is 0 Å². The number of hydrogen-bond acceptors (Lipinski definition) is 3. The van der Waals surface area contributed by atoms with Crippen molar-refractivity contribution in [3.63, 3.8) is 0 Å². The van der Waals surface area contributed by atoms with Gasteiger partial charge in [-0.15, -0.1) is 0 Å². The Kier molecular flexibility index (Phi) is 4.66. The number of likely N-dealkylation sites (tertiary alicyclic amines) is 3. The van der Waals surface area contributed by atoms with Gasteiger partial charge in [0.2, 0.25) is 5.91 Å². The van der Waals surface area contributed by atoms with Crippen molar-refractivity contribution >= 4 is 11.9 Å². The molecule has 0 bridgehead atoms. The summed E-state index contributed by atoms with van der Waals surface area (Å²) in [5.74, 6) is 0.745. The molecule has 0 radical (unpaired) electrons. The van der Waals surface area contributed by atoms with Crippen molar-refractivity contribution in [2.45, 2.75) is 57.0 Å². The first-order valence-electron chi connectivity index (χ1n) is 9.76. The van der Waals surface area contributed by atoms with Gasteiger partial charge >= 0.3 is 6.03 Å².